The van der Waals surface area contributed by atoms with Gasteiger partial charge in [0.15, 0.2) is 16.9 Å². The normalized spacial score (nSPS) is 15.3. The third-order valence-electron chi connectivity index (χ3n) is 5.63. The fourth-order valence-electron chi connectivity index (χ4n) is 4.25. The van der Waals surface area contributed by atoms with E-state index >= 15 is 0 Å². The van der Waals surface area contributed by atoms with Gasteiger partial charge in [-0.25, -0.2) is 0 Å². The number of ether oxygens (including phenoxy) is 2. The summed E-state index contributed by atoms with van der Waals surface area (Å²) < 4.78 is 17.6. The first-order valence-corrected chi connectivity index (χ1v) is 11.3. The Bertz CT molecular complexity index is 1210. The Hall–Kier alpha value is -3.28. The van der Waals surface area contributed by atoms with Crippen LogP contribution in [0.3, 0.4) is 0 Å². The number of carbonyl (C=O) groups excluding carboxylic acids is 1. The van der Waals surface area contributed by atoms with E-state index in [-0.39, 0.29) is 17.1 Å². The van der Waals surface area contributed by atoms with Gasteiger partial charge in [0.1, 0.15) is 5.58 Å². The topological polar surface area (TPSA) is 69.0 Å². The highest BCUT2D eigenvalue weighted by Gasteiger charge is 2.42. The Morgan fingerprint density at radius 2 is 1.78 bits per heavy atom. The van der Waals surface area contributed by atoms with Gasteiger partial charge in [-0.2, -0.15) is 0 Å². The van der Waals surface area contributed by atoms with Crippen molar-refractivity contribution >= 4 is 16.9 Å². The Balaban J connectivity index is 1.91. The molecule has 0 aliphatic carbocycles. The van der Waals surface area contributed by atoms with Crippen LogP contribution in [0.5, 0.6) is 11.5 Å². The van der Waals surface area contributed by atoms with Crippen molar-refractivity contribution in [1.82, 2.24) is 4.90 Å². The number of amides is 1. The number of benzene rings is 2. The van der Waals surface area contributed by atoms with Crippen LogP contribution in [-0.4, -0.2) is 30.6 Å². The molecule has 3 aromatic rings. The summed E-state index contributed by atoms with van der Waals surface area (Å²) in [6, 6.07) is 10.6. The van der Waals surface area contributed by atoms with Crippen molar-refractivity contribution in [1.29, 1.82) is 0 Å². The summed E-state index contributed by atoms with van der Waals surface area (Å²) in [6.45, 7) is 9.48. The van der Waals surface area contributed by atoms with Crippen LogP contribution in [0.2, 0.25) is 0 Å². The first kappa shape index (κ1) is 21.9. The van der Waals surface area contributed by atoms with Gasteiger partial charge in [0.25, 0.3) is 5.91 Å². The lowest BCUT2D eigenvalue weighted by molar-refractivity contribution is 0.0728. The number of aryl methyl sites for hydroxylation is 1. The number of hydrogen-bond acceptors (Lipinski definition) is 5. The van der Waals surface area contributed by atoms with E-state index in [0.717, 1.165) is 24.0 Å². The molecule has 168 valence electrons. The standard InChI is InChI=1S/C26H29NO5/c1-5-12-27-23(17-9-11-20(31-13-6-2)21(15-17)30-7-3)22-24(28)18-14-16(4)8-10-19(18)32-25(22)26(27)29/h8-11,14-15,23H,5-7,12-13H2,1-4H3. The second kappa shape index (κ2) is 9.07. The summed E-state index contributed by atoms with van der Waals surface area (Å²) in [6.07, 6.45) is 1.65. The van der Waals surface area contributed by atoms with Crippen LogP contribution in [-0.2, 0) is 0 Å². The highest BCUT2D eigenvalue weighted by Crippen LogP contribution is 2.41. The third kappa shape index (κ3) is 3.74. The molecule has 4 rings (SSSR count). The molecule has 0 spiro atoms. The third-order valence-corrected chi connectivity index (χ3v) is 5.63. The molecule has 2 aromatic carbocycles. The molecule has 1 aliphatic rings. The molecule has 0 bridgehead atoms. The van der Waals surface area contributed by atoms with E-state index < -0.39 is 6.04 Å². The first-order valence-electron chi connectivity index (χ1n) is 11.3. The van der Waals surface area contributed by atoms with Crippen molar-refractivity contribution in [2.45, 2.75) is 46.6 Å². The molecule has 2 heterocycles. The van der Waals surface area contributed by atoms with Gasteiger partial charge in [0.2, 0.25) is 5.76 Å². The van der Waals surface area contributed by atoms with Gasteiger partial charge in [-0.05, 0) is 56.5 Å². The van der Waals surface area contributed by atoms with E-state index in [2.05, 4.69) is 0 Å². The number of carbonyl (C=O) groups is 1. The summed E-state index contributed by atoms with van der Waals surface area (Å²) >= 11 is 0. The lowest BCUT2D eigenvalue weighted by Gasteiger charge is -2.25. The summed E-state index contributed by atoms with van der Waals surface area (Å²) in [5.74, 6) is 1.15. The van der Waals surface area contributed by atoms with Crippen molar-refractivity contribution in [3.8, 4) is 11.5 Å². The number of fused-ring (bicyclic) bond motifs is 2. The van der Waals surface area contributed by atoms with E-state index in [1.165, 1.54) is 0 Å². The quantitative estimate of drug-likeness (QED) is 0.484. The van der Waals surface area contributed by atoms with E-state index in [9.17, 15) is 9.59 Å². The molecular weight excluding hydrogens is 406 g/mol. The van der Waals surface area contributed by atoms with Crippen LogP contribution in [0.25, 0.3) is 11.0 Å². The molecule has 0 saturated carbocycles. The first-order chi connectivity index (χ1) is 15.5. The molecule has 6 nitrogen and oxygen atoms in total. The minimum Gasteiger partial charge on any atom is -0.490 e. The molecule has 1 unspecified atom stereocenters. The molecule has 1 amide bonds. The second-order valence-corrected chi connectivity index (χ2v) is 8.06. The largest absolute Gasteiger partial charge is 0.490 e. The van der Waals surface area contributed by atoms with Gasteiger partial charge >= 0.3 is 0 Å². The minimum absolute atomic E-state index is 0.133. The van der Waals surface area contributed by atoms with Crippen LogP contribution < -0.4 is 14.9 Å². The maximum absolute atomic E-state index is 13.6. The molecular formula is C26H29NO5. The zero-order chi connectivity index (χ0) is 22.8. The zero-order valence-electron chi connectivity index (χ0n) is 19.1. The Morgan fingerprint density at radius 1 is 0.969 bits per heavy atom. The summed E-state index contributed by atoms with van der Waals surface area (Å²) in [5, 5.41) is 0.493. The van der Waals surface area contributed by atoms with Crippen molar-refractivity contribution < 1.29 is 18.7 Å². The minimum atomic E-state index is -0.530. The predicted molar refractivity (Wildman–Crippen MR) is 124 cm³/mol. The monoisotopic (exact) mass is 435 g/mol. The highest BCUT2D eigenvalue weighted by atomic mass is 16.5. The van der Waals surface area contributed by atoms with E-state index in [4.69, 9.17) is 13.9 Å². The van der Waals surface area contributed by atoms with Crippen LogP contribution in [0.4, 0.5) is 0 Å². The smallest absolute Gasteiger partial charge is 0.290 e. The summed E-state index contributed by atoms with van der Waals surface area (Å²) in [5.41, 5.74) is 2.43. The second-order valence-electron chi connectivity index (χ2n) is 8.06. The lowest BCUT2D eigenvalue weighted by atomic mass is 9.97. The average molecular weight is 436 g/mol. The molecule has 1 aliphatic heterocycles. The van der Waals surface area contributed by atoms with E-state index in [1.807, 2.05) is 58.0 Å². The van der Waals surface area contributed by atoms with Gasteiger partial charge in [-0.1, -0.05) is 31.5 Å². The molecule has 0 saturated heterocycles. The Labute approximate surface area is 187 Å². The number of rotatable bonds is 8. The maximum Gasteiger partial charge on any atom is 0.290 e. The van der Waals surface area contributed by atoms with Gasteiger partial charge in [0.05, 0.1) is 30.2 Å². The molecule has 1 aromatic heterocycles. The molecule has 0 radical (unpaired) electrons. The van der Waals surface area contributed by atoms with Gasteiger partial charge in [-0.3, -0.25) is 9.59 Å². The van der Waals surface area contributed by atoms with Crippen LogP contribution in [0.1, 0.15) is 66.9 Å². The fourth-order valence-corrected chi connectivity index (χ4v) is 4.25. The van der Waals surface area contributed by atoms with Crippen LogP contribution in [0, 0.1) is 6.92 Å². The predicted octanol–water partition coefficient (Wildman–Crippen LogP) is 5.24. The molecule has 1 atom stereocenters. The van der Waals surface area contributed by atoms with Gasteiger partial charge in [0, 0.05) is 6.54 Å². The van der Waals surface area contributed by atoms with E-state index in [1.54, 1.807) is 11.0 Å². The maximum atomic E-state index is 13.6. The van der Waals surface area contributed by atoms with Gasteiger partial charge in [-0.15, -0.1) is 0 Å². The zero-order valence-corrected chi connectivity index (χ0v) is 19.1. The molecule has 0 N–H and O–H groups in total. The fraction of sp³-hybridized carbons (Fsp3) is 0.385. The highest BCUT2D eigenvalue weighted by molar-refractivity contribution is 5.99. The SMILES string of the molecule is CCCOc1ccc(C2c3c(oc4ccc(C)cc4c3=O)C(=O)N2CCC)cc1OCC. The van der Waals surface area contributed by atoms with Gasteiger partial charge < -0.3 is 18.8 Å². The Morgan fingerprint density at radius 3 is 2.50 bits per heavy atom. The van der Waals surface area contributed by atoms with Crippen LogP contribution in [0.15, 0.2) is 45.6 Å². The lowest BCUT2D eigenvalue weighted by Crippen LogP contribution is -2.30. The molecule has 6 heteroatoms. The molecule has 32 heavy (non-hydrogen) atoms. The van der Waals surface area contributed by atoms with Crippen molar-refractivity contribution in [3.63, 3.8) is 0 Å². The number of hydrogen-bond donors (Lipinski definition) is 0. The average Bonchev–Trinajstić information content (AvgIpc) is 3.06. The summed E-state index contributed by atoms with van der Waals surface area (Å²) in [7, 11) is 0. The van der Waals surface area contributed by atoms with E-state index in [0.29, 0.717) is 47.8 Å². The van der Waals surface area contributed by atoms with Crippen LogP contribution >= 0.6 is 0 Å². The van der Waals surface area contributed by atoms with Crippen molar-refractivity contribution in [3.05, 3.63) is 69.1 Å². The Kier molecular flexibility index (Phi) is 6.21. The van der Waals surface area contributed by atoms with Crippen molar-refractivity contribution in [2.75, 3.05) is 19.8 Å². The number of nitrogens with zero attached hydrogens (tertiary/aromatic N) is 1. The van der Waals surface area contributed by atoms with Crippen molar-refractivity contribution in [2.24, 2.45) is 0 Å². The summed E-state index contributed by atoms with van der Waals surface area (Å²) in [4.78, 5) is 28.6. The molecule has 0 fully saturated rings.